The van der Waals surface area contributed by atoms with Gasteiger partial charge in [-0.2, -0.15) is 5.10 Å². The molecular formula is C15H19ClN4. The Kier molecular flexibility index (Phi) is 4.03. The molecule has 1 N–H and O–H groups in total. The van der Waals surface area contributed by atoms with Gasteiger partial charge < -0.3 is 0 Å². The van der Waals surface area contributed by atoms with Crippen molar-refractivity contribution in [1.29, 1.82) is 0 Å². The minimum absolute atomic E-state index is 0.396. The highest BCUT2D eigenvalue weighted by atomic mass is 35.5. The zero-order valence-electron chi connectivity index (χ0n) is 11.6. The van der Waals surface area contributed by atoms with Gasteiger partial charge in [-0.3, -0.25) is 15.0 Å². The lowest BCUT2D eigenvalue weighted by Crippen LogP contribution is -2.33. The van der Waals surface area contributed by atoms with Crippen molar-refractivity contribution in [2.75, 3.05) is 6.54 Å². The van der Waals surface area contributed by atoms with Crippen LogP contribution in [0.2, 0.25) is 5.02 Å². The van der Waals surface area contributed by atoms with Crippen LogP contribution < -0.4 is 0 Å². The van der Waals surface area contributed by atoms with E-state index in [0.717, 1.165) is 36.5 Å². The van der Waals surface area contributed by atoms with E-state index in [4.69, 9.17) is 11.6 Å². The zero-order valence-corrected chi connectivity index (χ0v) is 12.4. The Morgan fingerprint density at radius 1 is 1.35 bits per heavy atom. The molecule has 0 saturated carbocycles. The molecule has 0 spiro atoms. The number of aryl methyl sites for hydroxylation is 1. The van der Waals surface area contributed by atoms with Crippen LogP contribution in [0.1, 0.15) is 42.3 Å². The first-order valence-electron chi connectivity index (χ1n) is 7.08. The Bertz CT molecular complexity index is 581. The van der Waals surface area contributed by atoms with Crippen molar-refractivity contribution in [2.45, 2.75) is 38.8 Å². The molecule has 1 unspecified atom stereocenters. The van der Waals surface area contributed by atoms with Gasteiger partial charge in [0.05, 0.1) is 16.8 Å². The van der Waals surface area contributed by atoms with E-state index in [1.807, 2.05) is 19.2 Å². The first kappa shape index (κ1) is 13.6. The summed E-state index contributed by atoms with van der Waals surface area (Å²) in [5.41, 5.74) is 3.43. The number of H-pyrrole nitrogens is 1. The van der Waals surface area contributed by atoms with Crippen LogP contribution in [0.25, 0.3) is 0 Å². The van der Waals surface area contributed by atoms with Crippen LogP contribution in [-0.2, 0) is 6.54 Å². The van der Waals surface area contributed by atoms with Crippen LogP contribution in [0.3, 0.4) is 0 Å². The van der Waals surface area contributed by atoms with E-state index < -0.39 is 0 Å². The summed E-state index contributed by atoms with van der Waals surface area (Å²) in [6, 6.07) is 4.54. The fourth-order valence-electron chi connectivity index (χ4n) is 2.90. The van der Waals surface area contributed by atoms with Crippen molar-refractivity contribution >= 4 is 11.6 Å². The quantitative estimate of drug-likeness (QED) is 0.941. The third-order valence-electron chi connectivity index (χ3n) is 3.83. The maximum Gasteiger partial charge on any atom is 0.0796 e. The second kappa shape index (κ2) is 5.94. The molecular weight excluding hydrogens is 272 g/mol. The van der Waals surface area contributed by atoms with E-state index in [0.29, 0.717) is 11.1 Å². The monoisotopic (exact) mass is 290 g/mol. The number of hydrogen-bond donors (Lipinski definition) is 1. The Balaban J connectivity index is 1.79. The SMILES string of the molecule is Cc1cc(C2CCCCN2Cc2cncc(Cl)c2)n[nH]1. The lowest BCUT2D eigenvalue weighted by molar-refractivity contribution is 0.137. The lowest BCUT2D eigenvalue weighted by atomic mass is 9.98. The number of nitrogens with zero attached hydrogens (tertiary/aromatic N) is 3. The molecule has 1 saturated heterocycles. The minimum Gasteiger partial charge on any atom is -0.290 e. The topological polar surface area (TPSA) is 44.8 Å². The summed E-state index contributed by atoms with van der Waals surface area (Å²) in [6.07, 6.45) is 7.25. The average molecular weight is 291 g/mol. The van der Waals surface area contributed by atoms with E-state index in [-0.39, 0.29) is 0 Å². The van der Waals surface area contributed by atoms with Crippen molar-refractivity contribution < 1.29 is 0 Å². The molecule has 1 aliphatic rings. The molecule has 20 heavy (non-hydrogen) atoms. The molecule has 0 radical (unpaired) electrons. The molecule has 106 valence electrons. The lowest BCUT2D eigenvalue weighted by Gasteiger charge is -2.34. The van der Waals surface area contributed by atoms with Crippen LogP contribution in [0.5, 0.6) is 0 Å². The number of hydrogen-bond acceptors (Lipinski definition) is 3. The highest BCUT2D eigenvalue weighted by molar-refractivity contribution is 6.30. The molecule has 0 aliphatic carbocycles. The summed E-state index contributed by atoms with van der Waals surface area (Å²) >= 11 is 6.02. The third kappa shape index (κ3) is 3.02. The van der Waals surface area contributed by atoms with Gasteiger partial charge in [0, 0.05) is 24.6 Å². The van der Waals surface area contributed by atoms with Crippen molar-refractivity contribution in [1.82, 2.24) is 20.1 Å². The third-order valence-corrected chi connectivity index (χ3v) is 4.03. The van der Waals surface area contributed by atoms with Gasteiger partial charge in [0.2, 0.25) is 0 Å². The van der Waals surface area contributed by atoms with E-state index in [1.54, 1.807) is 6.20 Å². The smallest absolute Gasteiger partial charge is 0.0796 e. The fraction of sp³-hybridized carbons (Fsp3) is 0.467. The molecule has 5 heteroatoms. The van der Waals surface area contributed by atoms with Crippen molar-refractivity contribution in [2.24, 2.45) is 0 Å². The summed E-state index contributed by atoms with van der Waals surface area (Å²) in [6.45, 7) is 4.03. The van der Waals surface area contributed by atoms with Crippen molar-refractivity contribution in [3.05, 3.63) is 46.5 Å². The average Bonchev–Trinajstić information content (AvgIpc) is 2.86. The first-order chi connectivity index (χ1) is 9.72. The predicted molar refractivity (Wildman–Crippen MR) is 79.6 cm³/mol. The van der Waals surface area contributed by atoms with E-state index in [2.05, 4.69) is 26.1 Å². The number of piperidine rings is 1. The Hall–Kier alpha value is -1.39. The molecule has 3 rings (SSSR count). The molecule has 1 fully saturated rings. The molecule has 1 aliphatic heterocycles. The normalized spacial score (nSPS) is 20.2. The second-order valence-electron chi connectivity index (χ2n) is 5.47. The molecule has 4 nitrogen and oxygen atoms in total. The van der Waals surface area contributed by atoms with Crippen molar-refractivity contribution in [3.63, 3.8) is 0 Å². The largest absolute Gasteiger partial charge is 0.290 e. The molecule has 2 aromatic heterocycles. The number of rotatable bonds is 3. The van der Waals surface area contributed by atoms with E-state index in [1.165, 1.54) is 12.8 Å². The standard InChI is InChI=1S/C15H19ClN4/c1-11-6-14(19-18-11)15-4-2-3-5-20(15)10-12-7-13(16)9-17-8-12/h6-9,15H,2-5,10H2,1H3,(H,18,19). The number of nitrogens with one attached hydrogen (secondary N) is 1. The van der Waals surface area contributed by atoms with Gasteiger partial charge in [0.25, 0.3) is 0 Å². The first-order valence-corrected chi connectivity index (χ1v) is 7.45. The maximum atomic E-state index is 6.02. The van der Waals surface area contributed by atoms with E-state index in [9.17, 15) is 0 Å². The van der Waals surface area contributed by atoms with Crippen LogP contribution in [0, 0.1) is 6.92 Å². The van der Waals surface area contributed by atoms with Crippen molar-refractivity contribution in [3.8, 4) is 0 Å². The Morgan fingerprint density at radius 2 is 2.25 bits per heavy atom. The highest BCUT2D eigenvalue weighted by Crippen LogP contribution is 2.31. The van der Waals surface area contributed by atoms with Crippen LogP contribution in [-0.4, -0.2) is 26.6 Å². The molecule has 0 aromatic carbocycles. The predicted octanol–water partition coefficient (Wildman–Crippen LogP) is 3.49. The molecule has 1 atom stereocenters. The molecule has 2 aromatic rings. The number of aromatic nitrogens is 3. The number of likely N-dealkylation sites (tertiary alicyclic amines) is 1. The maximum absolute atomic E-state index is 6.02. The van der Waals surface area contributed by atoms with Crippen LogP contribution >= 0.6 is 11.6 Å². The molecule has 0 amide bonds. The van der Waals surface area contributed by atoms with Gasteiger partial charge in [0.1, 0.15) is 0 Å². The van der Waals surface area contributed by atoms with Gasteiger partial charge >= 0.3 is 0 Å². The summed E-state index contributed by atoms with van der Waals surface area (Å²) in [4.78, 5) is 6.65. The van der Waals surface area contributed by atoms with Gasteiger partial charge in [0.15, 0.2) is 0 Å². The van der Waals surface area contributed by atoms with Gasteiger partial charge in [-0.05, 0) is 44.0 Å². The summed E-state index contributed by atoms with van der Waals surface area (Å²) in [7, 11) is 0. The fourth-order valence-corrected chi connectivity index (χ4v) is 3.10. The number of halogens is 1. The number of aromatic amines is 1. The highest BCUT2D eigenvalue weighted by Gasteiger charge is 2.25. The van der Waals surface area contributed by atoms with Gasteiger partial charge in [-0.1, -0.05) is 18.0 Å². The van der Waals surface area contributed by atoms with Crippen LogP contribution in [0.15, 0.2) is 24.5 Å². The second-order valence-corrected chi connectivity index (χ2v) is 5.91. The van der Waals surface area contributed by atoms with Gasteiger partial charge in [-0.25, -0.2) is 0 Å². The van der Waals surface area contributed by atoms with Crippen LogP contribution in [0.4, 0.5) is 0 Å². The molecule has 3 heterocycles. The minimum atomic E-state index is 0.396. The Labute approximate surface area is 124 Å². The summed E-state index contributed by atoms with van der Waals surface area (Å²) in [5.74, 6) is 0. The van der Waals surface area contributed by atoms with Gasteiger partial charge in [-0.15, -0.1) is 0 Å². The summed E-state index contributed by atoms with van der Waals surface area (Å²) < 4.78 is 0. The number of pyridine rings is 1. The zero-order chi connectivity index (χ0) is 13.9. The van der Waals surface area contributed by atoms with E-state index >= 15 is 0 Å². The Morgan fingerprint density at radius 3 is 3.00 bits per heavy atom. The summed E-state index contributed by atoms with van der Waals surface area (Å²) in [5, 5.41) is 8.19. The molecule has 0 bridgehead atoms.